The first-order valence-corrected chi connectivity index (χ1v) is 6.27. The second kappa shape index (κ2) is 5.49. The number of nitrogens with zero attached hydrogens (tertiary/aromatic N) is 2. The molecule has 0 spiro atoms. The third kappa shape index (κ3) is 2.70. The van der Waals surface area contributed by atoms with E-state index in [0.717, 1.165) is 12.8 Å². The SMILES string of the molecule is CC1CCC(Cn2ccc(=O)n(CCN)c2=O)O1. The lowest BCUT2D eigenvalue weighted by atomic mass is 10.2. The molecule has 1 fully saturated rings. The van der Waals surface area contributed by atoms with Crippen LogP contribution in [0.3, 0.4) is 0 Å². The first kappa shape index (κ1) is 13.0. The van der Waals surface area contributed by atoms with Crippen molar-refractivity contribution in [1.29, 1.82) is 0 Å². The zero-order chi connectivity index (χ0) is 13.1. The molecule has 0 radical (unpaired) electrons. The Morgan fingerprint density at radius 1 is 1.44 bits per heavy atom. The van der Waals surface area contributed by atoms with Gasteiger partial charge in [0.05, 0.1) is 18.8 Å². The van der Waals surface area contributed by atoms with Crippen LogP contribution in [0.4, 0.5) is 0 Å². The molecule has 0 saturated carbocycles. The fourth-order valence-electron chi connectivity index (χ4n) is 2.27. The van der Waals surface area contributed by atoms with E-state index in [-0.39, 0.29) is 36.5 Å². The molecule has 1 saturated heterocycles. The molecule has 0 amide bonds. The molecule has 2 rings (SSSR count). The summed E-state index contributed by atoms with van der Waals surface area (Å²) in [7, 11) is 0. The molecule has 6 heteroatoms. The van der Waals surface area contributed by atoms with Crippen LogP contribution < -0.4 is 17.0 Å². The first-order valence-electron chi connectivity index (χ1n) is 6.27. The van der Waals surface area contributed by atoms with Gasteiger partial charge in [0.2, 0.25) is 0 Å². The molecule has 0 bridgehead atoms. The second-order valence-electron chi connectivity index (χ2n) is 4.68. The van der Waals surface area contributed by atoms with Gasteiger partial charge in [-0.2, -0.15) is 0 Å². The average Bonchev–Trinajstić information content (AvgIpc) is 2.74. The van der Waals surface area contributed by atoms with Crippen LogP contribution in [-0.2, 0) is 17.8 Å². The minimum Gasteiger partial charge on any atom is -0.373 e. The molecule has 2 heterocycles. The maximum absolute atomic E-state index is 12.1. The summed E-state index contributed by atoms with van der Waals surface area (Å²) in [6.07, 6.45) is 3.80. The van der Waals surface area contributed by atoms with E-state index >= 15 is 0 Å². The van der Waals surface area contributed by atoms with Crippen LogP contribution in [0.25, 0.3) is 0 Å². The molecule has 1 aromatic rings. The normalized spacial score (nSPS) is 23.4. The lowest BCUT2D eigenvalue weighted by molar-refractivity contribution is 0.0447. The van der Waals surface area contributed by atoms with Crippen molar-refractivity contribution in [3.05, 3.63) is 33.1 Å². The standard InChI is InChI=1S/C12H19N3O3/c1-9-2-3-10(18-9)8-14-6-4-11(16)15(7-5-13)12(14)17/h4,6,9-10H,2-3,5,7-8,13H2,1H3. The van der Waals surface area contributed by atoms with Crippen LogP contribution in [0.2, 0.25) is 0 Å². The number of hydrogen-bond donors (Lipinski definition) is 1. The summed E-state index contributed by atoms with van der Waals surface area (Å²) in [6.45, 7) is 3.04. The monoisotopic (exact) mass is 253 g/mol. The highest BCUT2D eigenvalue weighted by atomic mass is 16.5. The van der Waals surface area contributed by atoms with Crippen LogP contribution in [0, 0.1) is 0 Å². The summed E-state index contributed by atoms with van der Waals surface area (Å²) in [5.74, 6) is 0. The molecule has 6 nitrogen and oxygen atoms in total. The van der Waals surface area contributed by atoms with E-state index in [0.29, 0.717) is 6.54 Å². The van der Waals surface area contributed by atoms with Gasteiger partial charge in [-0.25, -0.2) is 4.79 Å². The van der Waals surface area contributed by atoms with E-state index < -0.39 is 0 Å². The Labute approximate surface area is 105 Å². The van der Waals surface area contributed by atoms with E-state index in [1.54, 1.807) is 0 Å². The van der Waals surface area contributed by atoms with Gasteiger partial charge in [-0.1, -0.05) is 0 Å². The Hall–Kier alpha value is -1.40. The van der Waals surface area contributed by atoms with Crippen molar-refractivity contribution in [2.24, 2.45) is 5.73 Å². The average molecular weight is 253 g/mol. The predicted octanol–water partition coefficient (Wildman–Crippen LogP) is -0.464. The van der Waals surface area contributed by atoms with Gasteiger partial charge in [-0.05, 0) is 19.8 Å². The highest BCUT2D eigenvalue weighted by Gasteiger charge is 2.22. The molecule has 2 unspecified atom stereocenters. The maximum Gasteiger partial charge on any atom is 0.331 e. The molecule has 1 aromatic heterocycles. The van der Waals surface area contributed by atoms with E-state index in [1.807, 2.05) is 6.92 Å². The zero-order valence-corrected chi connectivity index (χ0v) is 10.5. The lowest BCUT2D eigenvalue weighted by Crippen LogP contribution is -2.41. The van der Waals surface area contributed by atoms with Gasteiger partial charge in [0, 0.05) is 25.4 Å². The number of ether oxygens (including phenoxy) is 1. The largest absolute Gasteiger partial charge is 0.373 e. The van der Waals surface area contributed by atoms with Crippen molar-refractivity contribution in [2.75, 3.05) is 6.54 Å². The Morgan fingerprint density at radius 2 is 2.22 bits per heavy atom. The summed E-state index contributed by atoms with van der Waals surface area (Å²) in [6, 6.07) is 1.40. The summed E-state index contributed by atoms with van der Waals surface area (Å²) in [4.78, 5) is 23.6. The van der Waals surface area contributed by atoms with Crippen LogP contribution >= 0.6 is 0 Å². The van der Waals surface area contributed by atoms with Crippen molar-refractivity contribution in [3.63, 3.8) is 0 Å². The highest BCUT2D eigenvalue weighted by molar-refractivity contribution is 4.87. The lowest BCUT2D eigenvalue weighted by Gasteiger charge is -2.14. The number of hydrogen-bond acceptors (Lipinski definition) is 4. The van der Waals surface area contributed by atoms with Crippen molar-refractivity contribution in [1.82, 2.24) is 9.13 Å². The number of rotatable bonds is 4. The number of aromatic nitrogens is 2. The van der Waals surface area contributed by atoms with Crippen LogP contribution in [0.5, 0.6) is 0 Å². The van der Waals surface area contributed by atoms with Gasteiger partial charge in [-0.3, -0.25) is 13.9 Å². The van der Waals surface area contributed by atoms with Gasteiger partial charge in [0.15, 0.2) is 0 Å². The van der Waals surface area contributed by atoms with E-state index in [9.17, 15) is 9.59 Å². The molecular weight excluding hydrogens is 234 g/mol. The quantitative estimate of drug-likeness (QED) is 0.787. The van der Waals surface area contributed by atoms with Gasteiger partial charge in [-0.15, -0.1) is 0 Å². The fraction of sp³-hybridized carbons (Fsp3) is 0.667. The topological polar surface area (TPSA) is 79.3 Å². The Bertz CT molecular complexity index is 520. The van der Waals surface area contributed by atoms with Crippen LogP contribution in [-0.4, -0.2) is 27.9 Å². The first-order chi connectivity index (χ1) is 8.61. The molecular formula is C12H19N3O3. The highest BCUT2D eigenvalue weighted by Crippen LogP contribution is 2.19. The third-order valence-electron chi connectivity index (χ3n) is 3.21. The summed E-state index contributed by atoms with van der Waals surface area (Å²) in [5.41, 5.74) is 4.79. The molecule has 1 aliphatic rings. The molecule has 18 heavy (non-hydrogen) atoms. The summed E-state index contributed by atoms with van der Waals surface area (Å²) >= 11 is 0. The minimum atomic E-state index is -0.309. The maximum atomic E-state index is 12.1. The number of nitrogens with two attached hydrogens (primary N) is 1. The predicted molar refractivity (Wildman–Crippen MR) is 67.6 cm³/mol. The van der Waals surface area contributed by atoms with Crippen molar-refractivity contribution in [3.8, 4) is 0 Å². The molecule has 2 N–H and O–H groups in total. The van der Waals surface area contributed by atoms with Crippen molar-refractivity contribution in [2.45, 2.75) is 45.1 Å². The summed E-state index contributed by atoms with van der Waals surface area (Å²) < 4.78 is 8.37. The van der Waals surface area contributed by atoms with Crippen LogP contribution in [0.15, 0.2) is 21.9 Å². The molecule has 0 aliphatic carbocycles. The van der Waals surface area contributed by atoms with Crippen molar-refractivity contribution < 1.29 is 4.74 Å². The molecule has 100 valence electrons. The smallest absolute Gasteiger partial charge is 0.331 e. The van der Waals surface area contributed by atoms with Crippen LogP contribution in [0.1, 0.15) is 19.8 Å². The van der Waals surface area contributed by atoms with Crippen molar-refractivity contribution >= 4 is 0 Å². The van der Waals surface area contributed by atoms with Gasteiger partial charge < -0.3 is 10.5 Å². The summed E-state index contributed by atoms with van der Waals surface area (Å²) in [5, 5.41) is 0. The van der Waals surface area contributed by atoms with E-state index in [4.69, 9.17) is 10.5 Å². The molecule has 1 aliphatic heterocycles. The fourth-order valence-corrected chi connectivity index (χ4v) is 2.27. The minimum absolute atomic E-state index is 0.0570. The zero-order valence-electron chi connectivity index (χ0n) is 10.5. The Kier molecular flexibility index (Phi) is 3.98. The van der Waals surface area contributed by atoms with Gasteiger partial charge >= 0.3 is 5.69 Å². The van der Waals surface area contributed by atoms with E-state index in [1.165, 1.54) is 21.4 Å². The van der Waals surface area contributed by atoms with E-state index in [2.05, 4.69) is 0 Å². The second-order valence-corrected chi connectivity index (χ2v) is 4.68. The third-order valence-corrected chi connectivity index (χ3v) is 3.21. The Morgan fingerprint density at radius 3 is 2.83 bits per heavy atom. The Balaban J connectivity index is 2.21. The molecule has 0 aromatic carbocycles. The molecule has 2 atom stereocenters. The van der Waals surface area contributed by atoms with Gasteiger partial charge in [0.1, 0.15) is 0 Å². The van der Waals surface area contributed by atoms with Gasteiger partial charge in [0.25, 0.3) is 5.56 Å².